The number of halogens is 1. The van der Waals surface area contributed by atoms with Crippen LogP contribution in [0.3, 0.4) is 0 Å². The Balaban J connectivity index is 1.49. The van der Waals surface area contributed by atoms with E-state index in [0.717, 1.165) is 49.5 Å². The first-order valence-electron chi connectivity index (χ1n) is 11.2. The molecule has 0 unspecified atom stereocenters. The van der Waals surface area contributed by atoms with Gasteiger partial charge in [-0.1, -0.05) is 36.4 Å². The lowest BCUT2D eigenvalue weighted by atomic mass is 9.69. The van der Waals surface area contributed by atoms with Crippen molar-refractivity contribution in [2.45, 2.75) is 57.6 Å². The number of piperidine rings is 1. The van der Waals surface area contributed by atoms with Crippen LogP contribution in [0.15, 0.2) is 36.9 Å². The van der Waals surface area contributed by atoms with Crippen molar-refractivity contribution in [3.05, 3.63) is 47.5 Å². The number of ether oxygens (including phenoxy) is 1. The molecule has 1 aromatic carbocycles. The third kappa shape index (κ3) is 4.27. The smallest absolute Gasteiger partial charge is 0.245 e. The summed E-state index contributed by atoms with van der Waals surface area (Å²) in [4.78, 5) is 29.5. The minimum Gasteiger partial charge on any atom is -0.375 e. The Kier molecular flexibility index (Phi) is 5.95. The molecule has 3 aliphatic heterocycles. The maximum Gasteiger partial charge on any atom is 0.245 e. The van der Waals surface area contributed by atoms with Gasteiger partial charge in [0.05, 0.1) is 18.1 Å². The van der Waals surface area contributed by atoms with Crippen LogP contribution in [0.5, 0.6) is 0 Å². The highest BCUT2D eigenvalue weighted by atomic mass is 35.5. The number of likely N-dealkylation sites (tertiary alicyclic amines) is 2. The minimum atomic E-state index is -0.286. The first-order chi connectivity index (χ1) is 14.6. The molecule has 0 saturated carbocycles. The van der Waals surface area contributed by atoms with Crippen LogP contribution in [0.1, 0.15) is 51.5 Å². The Morgan fingerprint density at radius 2 is 1.94 bits per heavy atom. The van der Waals surface area contributed by atoms with Gasteiger partial charge in [0.25, 0.3) is 0 Å². The van der Waals surface area contributed by atoms with Gasteiger partial charge in [-0.15, -0.1) is 0 Å². The highest BCUT2D eigenvalue weighted by Gasteiger charge is 2.50. The molecule has 0 aromatic heterocycles. The van der Waals surface area contributed by atoms with Gasteiger partial charge in [-0.05, 0) is 57.7 Å². The lowest BCUT2D eigenvalue weighted by molar-refractivity contribution is -0.160. The van der Waals surface area contributed by atoms with Gasteiger partial charge in [0.15, 0.2) is 0 Å². The molecule has 0 radical (unpaired) electrons. The van der Waals surface area contributed by atoms with Crippen LogP contribution in [0.4, 0.5) is 0 Å². The van der Waals surface area contributed by atoms with E-state index >= 15 is 0 Å². The number of nitrogens with zero attached hydrogens (tertiary/aromatic N) is 2. The lowest BCUT2D eigenvalue weighted by Crippen LogP contribution is -2.64. The molecule has 3 atom stereocenters. The summed E-state index contributed by atoms with van der Waals surface area (Å²) in [7, 11) is 0. The molecule has 3 heterocycles. The number of amides is 2. The standard InChI is InChI=1S/C25H33ClN2O3/c1-5-22(29)27-15-25(16-27)10-11-28(17(2)12-25)23(30)20-14-31-24(3,4)13-19(20)18-8-6-7-9-21(18)26/h5-9,17,19-20H,1,10-16H2,2-4H3/t17-,19+,20-/m0/s1. The van der Waals surface area contributed by atoms with Gasteiger partial charge >= 0.3 is 0 Å². The van der Waals surface area contributed by atoms with E-state index < -0.39 is 0 Å². The SMILES string of the molecule is C=CC(=O)N1CC2(CCN(C(=O)[C@H]3COC(C)(C)C[C@@H]3c3ccccc3Cl)[C@@H](C)C2)C1. The highest BCUT2D eigenvalue weighted by molar-refractivity contribution is 6.31. The second kappa shape index (κ2) is 8.25. The topological polar surface area (TPSA) is 49.9 Å². The van der Waals surface area contributed by atoms with Crippen molar-refractivity contribution < 1.29 is 14.3 Å². The number of carbonyl (C=O) groups excluding carboxylic acids is 2. The summed E-state index contributed by atoms with van der Waals surface area (Å²) in [5, 5.41) is 0.718. The molecule has 4 rings (SSSR count). The summed E-state index contributed by atoms with van der Waals surface area (Å²) in [6.45, 7) is 12.6. The molecule has 0 bridgehead atoms. The Morgan fingerprint density at radius 3 is 2.58 bits per heavy atom. The summed E-state index contributed by atoms with van der Waals surface area (Å²) in [5.74, 6) is -0.0236. The maximum absolute atomic E-state index is 13.7. The molecule has 31 heavy (non-hydrogen) atoms. The van der Waals surface area contributed by atoms with E-state index in [1.807, 2.05) is 34.1 Å². The van der Waals surface area contributed by atoms with Gasteiger partial charge in [0, 0.05) is 42.0 Å². The van der Waals surface area contributed by atoms with Crippen LogP contribution < -0.4 is 0 Å². The maximum atomic E-state index is 13.7. The average molecular weight is 445 g/mol. The Hall–Kier alpha value is -1.85. The number of hydrogen-bond acceptors (Lipinski definition) is 3. The molecule has 3 aliphatic rings. The second-order valence-corrected chi connectivity index (χ2v) is 10.6. The molecule has 3 fully saturated rings. The number of benzene rings is 1. The number of carbonyl (C=O) groups is 2. The highest BCUT2D eigenvalue weighted by Crippen LogP contribution is 2.46. The first-order valence-corrected chi connectivity index (χ1v) is 11.6. The minimum absolute atomic E-state index is 0.00124. The molecule has 3 saturated heterocycles. The third-order valence-corrected chi connectivity index (χ3v) is 7.78. The van der Waals surface area contributed by atoms with Gasteiger partial charge in [-0.25, -0.2) is 0 Å². The molecule has 1 spiro atoms. The van der Waals surface area contributed by atoms with Crippen LogP contribution >= 0.6 is 11.6 Å². The molecule has 1 aromatic rings. The zero-order valence-corrected chi connectivity index (χ0v) is 19.5. The van der Waals surface area contributed by atoms with E-state index in [4.69, 9.17) is 16.3 Å². The quantitative estimate of drug-likeness (QED) is 0.654. The summed E-state index contributed by atoms with van der Waals surface area (Å²) in [5.41, 5.74) is 0.894. The summed E-state index contributed by atoms with van der Waals surface area (Å²) < 4.78 is 6.10. The van der Waals surface area contributed by atoms with Gasteiger partial charge < -0.3 is 14.5 Å². The van der Waals surface area contributed by atoms with E-state index in [1.165, 1.54) is 6.08 Å². The van der Waals surface area contributed by atoms with Crippen molar-refractivity contribution in [3.8, 4) is 0 Å². The van der Waals surface area contributed by atoms with Crippen LogP contribution in [-0.4, -0.2) is 59.5 Å². The van der Waals surface area contributed by atoms with E-state index in [2.05, 4.69) is 27.4 Å². The van der Waals surface area contributed by atoms with Crippen molar-refractivity contribution in [2.24, 2.45) is 11.3 Å². The molecular formula is C25H33ClN2O3. The van der Waals surface area contributed by atoms with E-state index in [-0.39, 0.29) is 40.7 Å². The normalized spacial score (nSPS) is 29.4. The third-order valence-electron chi connectivity index (χ3n) is 7.44. The summed E-state index contributed by atoms with van der Waals surface area (Å²) in [6.07, 6.45) is 4.00. The van der Waals surface area contributed by atoms with E-state index in [9.17, 15) is 9.59 Å². The first kappa shape index (κ1) is 22.3. The number of rotatable bonds is 3. The Morgan fingerprint density at radius 1 is 1.23 bits per heavy atom. The summed E-state index contributed by atoms with van der Waals surface area (Å²) >= 11 is 6.55. The van der Waals surface area contributed by atoms with Crippen LogP contribution in [0.25, 0.3) is 0 Å². The predicted octanol–water partition coefficient (Wildman–Crippen LogP) is 4.26. The molecule has 0 N–H and O–H groups in total. The fourth-order valence-corrected chi connectivity index (χ4v) is 6.08. The molecule has 6 heteroatoms. The van der Waals surface area contributed by atoms with E-state index in [1.54, 1.807) is 0 Å². The van der Waals surface area contributed by atoms with Crippen molar-refractivity contribution in [1.82, 2.24) is 9.80 Å². The monoisotopic (exact) mass is 444 g/mol. The Bertz CT molecular complexity index is 877. The number of hydrogen-bond donors (Lipinski definition) is 0. The molecule has 0 aliphatic carbocycles. The van der Waals surface area contributed by atoms with Gasteiger partial charge in [-0.2, -0.15) is 0 Å². The zero-order chi connectivity index (χ0) is 22.4. The van der Waals surface area contributed by atoms with Gasteiger partial charge in [-0.3, -0.25) is 9.59 Å². The largest absolute Gasteiger partial charge is 0.375 e. The van der Waals surface area contributed by atoms with Crippen molar-refractivity contribution in [1.29, 1.82) is 0 Å². The summed E-state index contributed by atoms with van der Waals surface area (Å²) in [6, 6.07) is 8.01. The fraction of sp³-hybridized carbons (Fsp3) is 0.600. The second-order valence-electron chi connectivity index (χ2n) is 10.2. The molecule has 5 nitrogen and oxygen atoms in total. The average Bonchev–Trinajstić information content (AvgIpc) is 2.70. The Labute approximate surface area is 190 Å². The van der Waals surface area contributed by atoms with Crippen LogP contribution in [0, 0.1) is 11.3 Å². The molecule has 2 amide bonds. The zero-order valence-electron chi connectivity index (χ0n) is 18.8. The van der Waals surface area contributed by atoms with Gasteiger partial charge in [0.1, 0.15) is 0 Å². The van der Waals surface area contributed by atoms with Crippen LogP contribution in [-0.2, 0) is 14.3 Å². The lowest BCUT2D eigenvalue weighted by Gasteiger charge is -2.56. The van der Waals surface area contributed by atoms with E-state index in [0.29, 0.717) is 6.61 Å². The predicted molar refractivity (Wildman–Crippen MR) is 122 cm³/mol. The van der Waals surface area contributed by atoms with Crippen LogP contribution in [0.2, 0.25) is 5.02 Å². The van der Waals surface area contributed by atoms with Crippen molar-refractivity contribution >= 4 is 23.4 Å². The van der Waals surface area contributed by atoms with Crippen molar-refractivity contribution in [2.75, 3.05) is 26.2 Å². The van der Waals surface area contributed by atoms with Crippen molar-refractivity contribution in [3.63, 3.8) is 0 Å². The fourth-order valence-electron chi connectivity index (χ4n) is 5.80. The molecule has 168 valence electrons. The van der Waals surface area contributed by atoms with Gasteiger partial charge in [0.2, 0.25) is 11.8 Å². The molecular weight excluding hydrogens is 412 g/mol.